The van der Waals surface area contributed by atoms with E-state index in [0.717, 1.165) is 25.5 Å². The van der Waals surface area contributed by atoms with Crippen molar-refractivity contribution in [1.82, 2.24) is 5.32 Å². The van der Waals surface area contributed by atoms with Gasteiger partial charge in [0.15, 0.2) is 5.96 Å². The van der Waals surface area contributed by atoms with Gasteiger partial charge < -0.3 is 15.8 Å². The fourth-order valence-electron chi connectivity index (χ4n) is 2.13. The second-order valence-corrected chi connectivity index (χ2v) is 4.82. The Hall–Kier alpha value is -0.960. The van der Waals surface area contributed by atoms with Gasteiger partial charge in [-0.1, -0.05) is 0 Å². The van der Waals surface area contributed by atoms with Gasteiger partial charge >= 0.3 is 0 Å². The van der Waals surface area contributed by atoms with Crippen LogP contribution in [-0.2, 0) is 11.2 Å². The molecule has 1 fully saturated rings. The van der Waals surface area contributed by atoms with E-state index >= 15 is 0 Å². The standard InChI is InChI=1S/C14H19F2N3O.HI/c15-11-6-10(7-12(16)8-11)3-4-18-14(17)19-9-13-2-1-5-20-13;/h6-8,13H,1-5,9H2,(H3,17,18,19);1H. The van der Waals surface area contributed by atoms with Crippen molar-refractivity contribution in [2.75, 3.05) is 19.7 Å². The molecule has 1 atom stereocenters. The van der Waals surface area contributed by atoms with Gasteiger partial charge in [0.2, 0.25) is 0 Å². The van der Waals surface area contributed by atoms with E-state index in [-0.39, 0.29) is 30.1 Å². The molecule has 1 aliphatic heterocycles. The SMILES string of the molecule is I.NC(=NCC1CCCO1)NCCc1cc(F)cc(F)c1. The van der Waals surface area contributed by atoms with Crippen LogP contribution in [0, 0.1) is 11.6 Å². The van der Waals surface area contributed by atoms with Crippen molar-refractivity contribution in [3.05, 3.63) is 35.4 Å². The number of nitrogens with zero attached hydrogens (tertiary/aromatic N) is 1. The van der Waals surface area contributed by atoms with E-state index in [1.54, 1.807) is 0 Å². The third-order valence-corrected chi connectivity index (χ3v) is 3.13. The average molecular weight is 411 g/mol. The molecule has 0 bridgehead atoms. The number of nitrogens with one attached hydrogen (secondary N) is 1. The molecule has 0 aromatic heterocycles. The Morgan fingerprint density at radius 1 is 1.33 bits per heavy atom. The van der Waals surface area contributed by atoms with Gasteiger partial charge in [0.25, 0.3) is 0 Å². The van der Waals surface area contributed by atoms with Crippen molar-refractivity contribution in [1.29, 1.82) is 0 Å². The summed E-state index contributed by atoms with van der Waals surface area (Å²) in [6, 6.07) is 3.48. The molecule has 4 nitrogen and oxygen atoms in total. The molecular formula is C14H20F2IN3O. The molecule has 1 unspecified atom stereocenters. The quantitative estimate of drug-likeness (QED) is 0.444. The van der Waals surface area contributed by atoms with Gasteiger partial charge in [-0.25, -0.2) is 8.78 Å². The molecule has 7 heteroatoms. The lowest BCUT2D eigenvalue weighted by molar-refractivity contribution is 0.118. The molecule has 21 heavy (non-hydrogen) atoms. The second kappa shape index (κ2) is 9.14. The Balaban J connectivity index is 0.00000220. The first kappa shape index (κ1) is 18.1. The predicted molar refractivity (Wildman–Crippen MR) is 88.9 cm³/mol. The zero-order chi connectivity index (χ0) is 14.4. The van der Waals surface area contributed by atoms with Gasteiger partial charge in [0.1, 0.15) is 11.6 Å². The fraction of sp³-hybridized carbons (Fsp3) is 0.500. The minimum atomic E-state index is -0.569. The number of nitrogens with two attached hydrogens (primary N) is 1. The van der Waals surface area contributed by atoms with Gasteiger partial charge in [-0.2, -0.15) is 0 Å². The fourth-order valence-corrected chi connectivity index (χ4v) is 2.13. The normalized spacial score (nSPS) is 18.4. The van der Waals surface area contributed by atoms with E-state index < -0.39 is 11.6 Å². The summed E-state index contributed by atoms with van der Waals surface area (Å²) in [6.07, 6.45) is 2.72. The Morgan fingerprint density at radius 2 is 2.05 bits per heavy atom. The minimum Gasteiger partial charge on any atom is -0.376 e. The van der Waals surface area contributed by atoms with E-state index in [1.807, 2.05) is 0 Å². The van der Waals surface area contributed by atoms with Crippen molar-refractivity contribution in [3.8, 4) is 0 Å². The van der Waals surface area contributed by atoms with Gasteiger partial charge in [0, 0.05) is 19.2 Å². The molecule has 1 aliphatic rings. The number of aliphatic imine (C=N–C) groups is 1. The van der Waals surface area contributed by atoms with Gasteiger partial charge in [-0.3, -0.25) is 4.99 Å². The van der Waals surface area contributed by atoms with Crippen LogP contribution in [0.25, 0.3) is 0 Å². The first-order valence-electron chi connectivity index (χ1n) is 6.74. The Bertz CT molecular complexity index is 459. The molecule has 1 aromatic rings. The zero-order valence-corrected chi connectivity index (χ0v) is 14.0. The summed E-state index contributed by atoms with van der Waals surface area (Å²) in [7, 11) is 0. The monoisotopic (exact) mass is 411 g/mol. The number of hydrogen-bond acceptors (Lipinski definition) is 2. The maximum Gasteiger partial charge on any atom is 0.188 e. The van der Waals surface area contributed by atoms with Crippen LogP contribution in [0.3, 0.4) is 0 Å². The number of halogens is 3. The second-order valence-electron chi connectivity index (χ2n) is 4.82. The van der Waals surface area contributed by atoms with Crippen LogP contribution < -0.4 is 11.1 Å². The smallest absolute Gasteiger partial charge is 0.188 e. The summed E-state index contributed by atoms with van der Waals surface area (Å²) >= 11 is 0. The number of benzene rings is 1. The molecule has 0 aliphatic carbocycles. The summed E-state index contributed by atoms with van der Waals surface area (Å²) in [5, 5.41) is 2.92. The van der Waals surface area contributed by atoms with Gasteiger partial charge in [-0.05, 0) is 37.0 Å². The predicted octanol–water partition coefficient (Wildman–Crippen LogP) is 2.21. The first-order chi connectivity index (χ1) is 9.63. The maximum atomic E-state index is 13.0. The summed E-state index contributed by atoms with van der Waals surface area (Å²) in [5.41, 5.74) is 6.30. The topological polar surface area (TPSA) is 59.6 Å². The highest BCUT2D eigenvalue weighted by Gasteiger charge is 2.14. The van der Waals surface area contributed by atoms with Gasteiger partial charge in [0.05, 0.1) is 12.6 Å². The number of rotatable bonds is 5. The molecule has 1 saturated heterocycles. The molecular weight excluding hydrogens is 391 g/mol. The van der Waals surface area contributed by atoms with E-state index in [9.17, 15) is 8.78 Å². The molecule has 118 valence electrons. The van der Waals surface area contributed by atoms with Gasteiger partial charge in [-0.15, -0.1) is 24.0 Å². The highest BCUT2D eigenvalue weighted by atomic mass is 127. The first-order valence-corrected chi connectivity index (χ1v) is 6.74. The van der Waals surface area contributed by atoms with E-state index in [4.69, 9.17) is 10.5 Å². The third-order valence-electron chi connectivity index (χ3n) is 3.13. The van der Waals surface area contributed by atoms with E-state index in [2.05, 4.69) is 10.3 Å². The summed E-state index contributed by atoms with van der Waals surface area (Å²) in [5.74, 6) is -0.808. The van der Waals surface area contributed by atoms with Crippen molar-refractivity contribution in [2.45, 2.75) is 25.4 Å². The van der Waals surface area contributed by atoms with Crippen LogP contribution in [0.5, 0.6) is 0 Å². The molecule has 3 N–H and O–H groups in total. The Morgan fingerprint density at radius 3 is 2.67 bits per heavy atom. The zero-order valence-electron chi connectivity index (χ0n) is 11.6. The lowest BCUT2D eigenvalue weighted by atomic mass is 10.1. The summed E-state index contributed by atoms with van der Waals surface area (Å²) < 4.78 is 31.4. The van der Waals surface area contributed by atoms with Crippen LogP contribution in [0.4, 0.5) is 8.78 Å². The van der Waals surface area contributed by atoms with E-state index in [1.165, 1.54) is 12.1 Å². The van der Waals surface area contributed by atoms with Crippen molar-refractivity contribution in [3.63, 3.8) is 0 Å². The average Bonchev–Trinajstić information content (AvgIpc) is 2.88. The van der Waals surface area contributed by atoms with E-state index in [0.29, 0.717) is 31.0 Å². The Kier molecular flexibility index (Phi) is 7.87. The minimum absolute atomic E-state index is 0. The summed E-state index contributed by atoms with van der Waals surface area (Å²) in [4.78, 5) is 4.18. The molecule has 1 aromatic carbocycles. The molecule has 1 heterocycles. The highest BCUT2D eigenvalue weighted by molar-refractivity contribution is 14.0. The Labute approximate surface area is 140 Å². The molecule has 0 spiro atoms. The lowest BCUT2D eigenvalue weighted by Gasteiger charge is -2.08. The van der Waals surface area contributed by atoms with Crippen molar-refractivity contribution < 1.29 is 13.5 Å². The molecule has 0 radical (unpaired) electrons. The van der Waals surface area contributed by atoms with Crippen LogP contribution >= 0.6 is 24.0 Å². The van der Waals surface area contributed by atoms with Crippen molar-refractivity contribution in [2.24, 2.45) is 10.7 Å². The molecule has 2 rings (SSSR count). The van der Waals surface area contributed by atoms with Crippen LogP contribution in [-0.4, -0.2) is 31.8 Å². The van der Waals surface area contributed by atoms with Crippen LogP contribution in [0.2, 0.25) is 0 Å². The van der Waals surface area contributed by atoms with Crippen LogP contribution in [0.15, 0.2) is 23.2 Å². The molecule has 0 saturated carbocycles. The summed E-state index contributed by atoms with van der Waals surface area (Å²) in [6.45, 7) is 1.82. The van der Waals surface area contributed by atoms with Crippen LogP contribution in [0.1, 0.15) is 18.4 Å². The van der Waals surface area contributed by atoms with Crippen molar-refractivity contribution >= 4 is 29.9 Å². The third kappa shape index (κ3) is 6.56. The highest BCUT2D eigenvalue weighted by Crippen LogP contribution is 2.11. The lowest BCUT2D eigenvalue weighted by Crippen LogP contribution is -2.34. The maximum absolute atomic E-state index is 13.0. The largest absolute Gasteiger partial charge is 0.376 e. The number of ether oxygens (including phenoxy) is 1. The number of hydrogen-bond donors (Lipinski definition) is 2. The number of guanidine groups is 1. The molecule has 0 amide bonds.